The van der Waals surface area contributed by atoms with Gasteiger partial charge in [-0.1, -0.05) is 30.7 Å². The Morgan fingerprint density at radius 3 is 2.63 bits per heavy atom. The van der Waals surface area contributed by atoms with Crippen molar-refractivity contribution in [1.82, 2.24) is 0 Å². The van der Waals surface area contributed by atoms with Crippen LogP contribution in [0.1, 0.15) is 37.3 Å². The number of rotatable bonds is 4. The highest BCUT2D eigenvalue weighted by atomic mass is 35.5. The molecular formula is C23H23ClO3. The lowest BCUT2D eigenvalue weighted by Gasteiger charge is -2.24. The topological polar surface area (TPSA) is 46.5 Å². The molecule has 1 unspecified atom stereocenters. The number of aliphatic hydroxyl groups excluding tert-OH is 1. The largest absolute Gasteiger partial charge is 0.511 e. The molecule has 0 saturated heterocycles. The predicted molar refractivity (Wildman–Crippen MR) is 108 cm³/mol. The Kier molecular flexibility index (Phi) is 4.73. The van der Waals surface area contributed by atoms with Crippen molar-refractivity contribution in [1.29, 1.82) is 0 Å². The fraction of sp³-hybridized carbons (Fsp3) is 0.348. The summed E-state index contributed by atoms with van der Waals surface area (Å²) in [5.41, 5.74) is 4.31. The molecule has 0 radical (unpaired) electrons. The van der Waals surface area contributed by atoms with Gasteiger partial charge in [-0.3, -0.25) is 4.79 Å². The second-order valence-electron chi connectivity index (χ2n) is 7.40. The maximum absolute atomic E-state index is 13.0. The number of Topliss-reactive ketones (excluding diaryl/α,β-unsaturated/α-hetero) is 1. The molecule has 2 bridgehead atoms. The van der Waals surface area contributed by atoms with Crippen molar-refractivity contribution in [3.63, 3.8) is 0 Å². The van der Waals surface area contributed by atoms with Gasteiger partial charge in [0.1, 0.15) is 11.5 Å². The zero-order chi connectivity index (χ0) is 19.1. The number of hydrogen-bond donors (Lipinski definition) is 1. The van der Waals surface area contributed by atoms with Crippen molar-refractivity contribution in [2.75, 3.05) is 7.11 Å². The minimum Gasteiger partial charge on any atom is -0.511 e. The van der Waals surface area contributed by atoms with Gasteiger partial charge < -0.3 is 9.84 Å². The van der Waals surface area contributed by atoms with Crippen molar-refractivity contribution < 1.29 is 14.6 Å². The molecule has 4 heteroatoms. The Morgan fingerprint density at radius 1 is 1.11 bits per heavy atom. The summed E-state index contributed by atoms with van der Waals surface area (Å²) in [4.78, 5) is 13.0. The third kappa shape index (κ3) is 3.04. The Hall–Kier alpha value is -2.26. The number of methoxy groups -OCH3 is 1. The minimum absolute atomic E-state index is 0.0549. The van der Waals surface area contributed by atoms with E-state index in [0.717, 1.165) is 47.9 Å². The molecule has 0 aliphatic heterocycles. The van der Waals surface area contributed by atoms with E-state index in [2.05, 4.69) is 6.92 Å². The maximum Gasteiger partial charge on any atom is 0.169 e. The highest BCUT2D eigenvalue weighted by molar-refractivity contribution is 6.30. The first-order chi connectivity index (χ1) is 13.0. The van der Waals surface area contributed by atoms with Crippen molar-refractivity contribution >= 4 is 23.0 Å². The summed E-state index contributed by atoms with van der Waals surface area (Å²) >= 11 is 6.10. The molecule has 2 aromatic rings. The SMILES string of the molecule is CCc1ccc(-c2ccc(Cl)cc2OC)cc1C1=C(O)[C@H]2CCC(C2)C1=O. The molecule has 4 rings (SSSR count). The molecule has 1 fully saturated rings. The van der Waals surface area contributed by atoms with Crippen LogP contribution in [0.25, 0.3) is 16.7 Å². The number of benzene rings is 2. The summed E-state index contributed by atoms with van der Waals surface area (Å²) < 4.78 is 5.50. The maximum atomic E-state index is 13.0. The lowest BCUT2D eigenvalue weighted by Crippen LogP contribution is -2.22. The molecule has 140 valence electrons. The number of halogens is 1. The van der Waals surface area contributed by atoms with Crippen LogP contribution >= 0.6 is 11.6 Å². The molecule has 0 heterocycles. The molecule has 2 aliphatic rings. The number of aryl methyl sites for hydroxylation is 1. The summed E-state index contributed by atoms with van der Waals surface area (Å²) in [6, 6.07) is 11.6. The normalized spacial score (nSPS) is 21.7. The molecule has 0 amide bonds. The second-order valence-corrected chi connectivity index (χ2v) is 7.84. The average molecular weight is 383 g/mol. The lowest BCUT2D eigenvalue weighted by molar-refractivity contribution is -0.117. The Labute approximate surface area is 164 Å². The predicted octanol–water partition coefficient (Wildman–Crippen LogP) is 5.85. The van der Waals surface area contributed by atoms with Crippen LogP contribution < -0.4 is 4.74 Å². The quantitative estimate of drug-likeness (QED) is 0.721. The van der Waals surface area contributed by atoms with Gasteiger partial charge in [-0.25, -0.2) is 0 Å². The molecule has 2 aliphatic carbocycles. The molecule has 0 spiro atoms. The standard InChI is InChI=1S/C23H23ClO3/c1-3-13-4-5-14(18-9-8-17(24)12-20(18)27-2)11-19(13)21-22(25)15-6-7-16(10-15)23(21)26/h4-5,8-9,11-12,15-16,25H,3,6-7,10H2,1-2H3/t15-,16?/m0/s1. The molecular weight excluding hydrogens is 360 g/mol. The number of aliphatic hydroxyl groups is 1. The molecule has 1 N–H and O–H groups in total. The van der Waals surface area contributed by atoms with Gasteiger partial charge in [-0.15, -0.1) is 0 Å². The Bertz CT molecular complexity index is 945. The van der Waals surface area contributed by atoms with Crippen LogP contribution in [0.3, 0.4) is 0 Å². The van der Waals surface area contributed by atoms with E-state index in [1.807, 2.05) is 30.3 Å². The zero-order valence-electron chi connectivity index (χ0n) is 15.6. The monoisotopic (exact) mass is 382 g/mol. The van der Waals surface area contributed by atoms with Crippen LogP contribution in [0.15, 0.2) is 42.2 Å². The third-order valence-electron chi connectivity index (χ3n) is 5.93. The molecule has 27 heavy (non-hydrogen) atoms. The summed E-state index contributed by atoms with van der Waals surface area (Å²) in [6.45, 7) is 2.07. The van der Waals surface area contributed by atoms with E-state index in [1.54, 1.807) is 13.2 Å². The second kappa shape index (κ2) is 7.05. The first-order valence-electron chi connectivity index (χ1n) is 9.48. The average Bonchev–Trinajstić information content (AvgIpc) is 3.14. The van der Waals surface area contributed by atoms with E-state index in [1.165, 1.54) is 0 Å². The van der Waals surface area contributed by atoms with Crippen LogP contribution in [0.2, 0.25) is 5.02 Å². The third-order valence-corrected chi connectivity index (χ3v) is 6.16. The molecule has 0 aromatic heterocycles. The van der Waals surface area contributed by atoms with Crippen molar-refractivity contribution in [2.24, 2.45) is 11.8 Å². The van der Waals surface area contributed by atoms with Gasteiger partial charge in [0.15, 0.2) is 5.78 Å². The summed E-state index contributed by atoms with van der Waals surface area (Å²) in [6.07, 6.45) is 3.37. The van der Waals surface area contributed by atoms with Crippen molar-refractivity contribution in [3.8, 4) is 16.9 Å². The summed E-state index contributed by atoms with van der Waals surface area (Å²) in [5, 5.41) is 11.4. The van der Waals surface area contributed by atoms with Crippen LogP contribution in [-0.2, 0) is 11.2 Å². The Morgan fingerprint density at radius 2 is 1.89 bits per heavy atom. The van der Waals surface area contributed by atoms with E-state index in [0.29, 0.717) is 16.3 Å². The zero-order valence-corrected chi connectivity index (χ0v) is 16.3. The molecule has 2 aromatic carbocycles. The molecule has 3 nitrogen and oxygen atoms in total. The fourth-order valence-electron chi connectivity index (χ4n) is 4.46. The van der Waals surface area contributed by atoms with Gasteiger partial charge in [0.25, 0.3) is 0 Å². The van der Waals surface area contributed by atoms with Gasteiger partial charge >= 0.3 is 0 Å². The number of ketones is 1. The minimum atomic E-state index is 0.0549. The van der Waals surface area contributed by atoms with E-state index in [4.69, 9.17) is 16.3 Å². The van der Waals surface area contributed by atoms with E-state index in [9.17, 15) is 9.90 Å². The van der Waals surface area contributed by atoms with E-state index >= 15 is 0 Å². The van der Waals surface area contributed by atoms with E-state index < -0.39 is 0 Å². The number of ether oxygens (including phenoxy) is 1. The van der Waals surface area contributed by atoms with Crippen LogP contribution in [-0.4, -0.2) is 18.0 Å². The van der Waals surface area contributed by atoms with Gasteiger partial charge in [0.2, 0.25) is 0 Å². The fourth-order valence-corrected chi connectivity index (χ4v) is 4.62. The first-order valence-corrected chi connectivity index (χ1v) is 9.85. The first kappa shape index (κ1) is 18.1. The molecule has 2 atom stereocenters. The number of fused-ring (bicyclic) bond motifs is 2. The number of carbonyl (C=O) groups excluding carboxylic acids is 1. The number of carbonyl (C=O) groups is 1. The van der Waals surface area contributed by atoms with Crippen molar-refractivity contribution in [2.45, 2.75) is 32.6 Å². The van der Waals surface area contributed by atoms with Gasteiger partial charge in [0.05, 0.1) is 12.7 Å². The Balaban J connectivity index is 1.88. The van der Waals surface area contributed by atoms with E-state index in [-0.39, 0.29) is 23.4 Å². The van der Waals surface area contributed by atoms with Gasteiger partial charge in [-0.05, 0) is 66.6 Å². The number of allylic oxidation sites excluding steroid dienone is 2. The smallest absolute Gasteiger partial charge is 0.169 e. The van der Waals surface area contributed by atoms with Crippen molar-refractivity contribution in [3.05, 3.63) is 58.3 Å². The highest BCUT2D eigenvalue weighted by Gasteiger charge is 2.41. The highest BCUT2D eigenvalue weighted by Crippen LogP contribution is 2.46. The van der Waals surface area contributed by atoms with Crippen LogP contribution in [0, 0.1) is 11.8 Å². The molecule has 1 saturated carbocycles. The van der Waals surface area contributed by atoms with Gasteiger partial charge in [0, 0.05) is 22.4 Å². The lowest BCUT2D eigenvalue weighted by atomic mass is 9.81. The summed E-state index contributed by atoms with van der Waals surface area (Å²) in [5.74, 6) is 1.24. The number of hydrogen-bond acceptors (Lipinski definition) is 3. The van der Waals surface area contributed by atoms with Gasteiger partial charge in [-0.2, -0.15) is 0 Å². The van der Waals surface area contributed by atoms with Crippen LogP contribution in [0.5, 0.6) is 5.75 Å². The van der Waals surface area contributed by atoms with Crippen LogP contribution in [0.4, 0.5) is 0 Å². The summed E-state index contributed by atoms with van der Waals surface area (Å²) in [7, 11) is 1.62.